The predicted molar refractivity (Wildman–Crippen MR) is 142 cm³/mol. The van der Waals surface area contributed by atoms with Crippen molar-refractivity contribution >= 4 is 16.9 Å². The Labute approximate surface area is 210 Å². The maximum Gasteiger partial charge on any atom is 0.309 e. The number of fused-ring (bicyclic) bond motifs is 1. The average Bonchev–Trinajstić information content (AvgIpc) is 3.22. The lowest BCUT2D eigenvalue weighted by Crippen LogP contribution is -2.33. The number of carboxylic acid groups (broad SMARTS) is 1. The van der Waals surface area contributed by atoms with Gasteiger partial charge in [-0.2, -0.15) is 0 Å². The average molecular weight is 480 g/mol. The van der Waals surface area contributed by atoms with Gasteiger partial charge in [0.15, 0.2) is 0 Å². The van der Waals surface area contributed by atoms with Crippen molar-refractivity contribution in [1.29, 1.82) is 0 Å². The van der Waals surface area contributed by atoms with Crippen LogP contribution in [0.25, 0.3) is 11.0 Å². The summed E-state index contributed by atoms with van der Waals surface area (Å²) < 4.78 is 12.2. The zero-order valence-corrected chi connectivity index (χ0v) is 22.0. The van der Waals surface area contributed by atoms with Crippen LogP contribution < -0.4 is 4.74 Å². The number of unbranched alkanes of at least 4 members (excludes halogenated alkanes) is 1. The normalized spacial score (nSPS) is 12.9. The first kappa shape index (κ1) is 26.8. The van der Waals surface area contributed by atoms with Gasteiger partial charge < -0.3 is 19.2 Å². The van der Waals surface area contributed by atoms with Crippen LogP contribution in [0.2, 0.25) is 0 Å². The first-order chi connectivity index (χ1) is 16.8. The third-order valence-electron chi connectivity index (χ3n) is 7.17. The zero-order valence-electron chi connectivity index (χ0n) is 22.0. The van der Waals surface area contributed by atoms with Crippen LogP contribution in [0.3, 0.4) is 0 Å². The predicted octanol–water partition coefficient (Wildman–Crippen LogP) is 6.93. The molecule has 0 saturated carbocycles. The summed E-state index contributed by atoms with van der Waals surface area (Å²) in [5.74, 6) is 0.728. The Hall–Kier alpha value is -2.79. The van der Waals surface area contributed by atoms with Gasteiger partial charge in [0.2, 0.25) is 0 Å². The Bertz CT molecular complexity index is 1080. The molecule has 0 amide bonds. The lowest BCUT2D eigenvalue weighted by atomic mass is 9.71. The van der Waals surface area contributed by atoms with Gasteiger partial charge in [0.25, 0.3) is 0 Å². The topological polar surface area (TPSA) is 62.9 Å². The summed E-state index contributed by atoms with van der Waals surface area (Å²) in [5, 5.41) is 11.2. The fourth-order valence-electron chi connectivity index (χ4n) is 4.68. The number of ether oxygens (including phenoxy) is 1. The van der Waals surface area contributed by atoms with Gasteiger partial charge in [0.05, 0.1) is 5.41 Å². The molecule has 1 heterocycles. The molecule has 2 aromatic carbocycles. The van der Waals surface area contributed by atoms with Crippen molar-refractivity contribution in [2.75, 3.05) is 26.2 Å². The van der Waals surface area contributed by atoms with Crippen molar-refractivity contribution in [3.8, 4) is 5.75 Å². The maximum atomic E-state index is 12.4. The van der Waals surface area contributed by atoms with Crippen molar-refractivity contribution in [2.45, 2.75) is 66.2 Å². The minimum atomic E-state index is -0.966. The second kappa shape index (κ2) is 12.3. The highest BCUT2D eigenvalue weighted by Gasteiger charge is 2.40. The first-order valence-corrected chi connectivity index (χ1v) is 13.0. The Morgan fingerprint density at radius 3 is 2.37 bits per heavy atom. The van der Waals surface area contributed by atoms with Gasteiger partial charge in [-0.05, 0) is 63.5 Å². The summed E-state index contributed by atoms with van der Waals surface area (Å²) >= 11 is 0. The van der Waals surface area contributed by atoms with E-state index in [4.69, 9.17) is 9.15 Å². The van der Waals surface area contributed by atoms with Gasteiger partial charge in [-0.1, -0.05) is 57.5 Å². The van der Waals surface area contributed by atoms with Crippen molar-refractivity contribution in [3.63, 3.8) is 0 Å². The zero-order chi connectivity index (χ0) is 25.4. The standard InChI is InChI=1S/C30H41NO4/c1-6-9-13-27-28(24-12-10-11-14-26(24)35-27)25(30(4,5)29(32)33)21-22-15-17-23(18-16-22)34-20-19-31(7-2)8-3/h10-12,14-18,25H,6-9,13,19-21H2,1-5H3,(H,32,33). The molecule has 0 aliphatic carbocycles. The number of para-hydroxylation sites is 1. The molecule has 0 aliphatic heterocycles. The van der Waals surface area contributed by atoms with Crippen molar-refractivity contribution in [3.05, 3.63) is 65.4 Å². The van der Waals surface area contributed by atoms with Crippen molar-refractivity contribution in [2.24, 2.45) is 5.41 Å². The highest BCUT2D eigenvalue weighted by atomic mass is 16.5. The number of carbonyl (C=O) groups is 1. The molecule has 190 valence electrons. The van der Waals surface area contributed by atoms with Crippen LogP contribution in [0.4, 0.5) is 0 Å². The van der Waals surface area contributed by atoms with E-state index in [2.05, 4.69) is 43.9 Å². The molecule has 3 aromatic rings. The highest BCUT2D eigenvalue weighted by Crippen LogP contribution is 2.44. The summed E-state index contributed by atoms with van der Waals surface area (Å²) in [6.07, 6.45) is 3.49. The van der Waals surface area contributed by atoms with Gasteiger partial charge in [-0.15, -0.1) is 0 Å². The third kappa shape index (κ3) is 6.46. The lowest BCUT2D eigenvalue weighted by molar-refractivity contribution is -0.148. The quantitative estimate of drug-likeness (QED) is 0.271. The van der Waals surface area contributed by atoms with Crippen LogP contribution in [0.15, 0.2) is 52.9 Å². The largest absolute Gasteiger partial charge is 0.492 e. The van der Waals surface area contributed by atoms with E-state index in [0.717, 1.165) is 72.5 Å². The number of likely N-dealkylation sites (N-methyl/N-ethyl adjacent to an activating group) is 1. The van der Waals surface area contributed by atoms with E-state index in [1.54, 1.807) is 0 Å². The molecule has 1 atom stereocenters. The lowest BCUT2D eigenvalue weighted by Gasteiger charge is -2.31. The van der Waals surface area contributed by atoms with Crippen LogP contribution in [-0.2, 0) is 17.6 Å². The molecule has 0 bridgehead atoms. The van der Waals surface area contributed by atoms with Gasteiger partial charge in [0, 0.05) is 29.8 Å². The number of carboxylic acids is 1. The molecular weight excluding hydrogens is 438 g/mol. The number of aliphatic carboxylic acids is 1. The Kier molecular flexibility index (Phi) is 9.39. The van der Waals surface area contributed by atoms with E-state index >= 15 is 0 Å². The number of rotatable bonds is 14. The Morgan fingerprint density at radius 2 is 1.74 bits per heavy atom. The van der Waals surface area contributed by atoms with Crippen LogP contribution >= 0.6 is 0 Å². The van der Waals surface area contributed by atoms with Crippen LogP contribution in [0.5, 0.6) is 5.75 Å². The molecule has 1 aromatic heterocycles. The van der Waals surface area contributed by atoms with Gasteiger partial charge in [-0.3, -0.25) is 4.79 Å². The van der Waals surface area contributed by atoms with Crippen LogP contribution in [-0.4, -0.2) is 42.2 Å². The molecule has 5 heteroatoms. The molecular formula is C30H41NO4. The van der Waals surface area contributed by atoms with Gasteiger partial charge >= 0.3 is 5.97 Å². The van der Waals surface area contributed by atoms with E-state index in [0.29, 0.717) is 13.0 Å². The first-order valence-electron chi connectivity index (χ1n) is 13.0. The maximum absolute atomic E-state index is 12.4. The molecule has 35 heavy (non-hydrogen) atoms. The summed E-state index contributed by atoms with van der Waals surface area (Å²) in [4.78, 5) is 14.8. The molecule has 3 rings (SSSR count). The van der Waals surface area contributed by atoms with Crippen LogP contribution in [0, 0.1) is 5.41 Å². The third-order valence-corrected chi connectivity index (χ3v) is 7.17. The Balaban J connectivity index is 1.90. The number of benzene rings is 2. The molecule has 0 radical (unpaired) electrons. The summed E-state index contributed by atoms with van der Waals surface area (Å²) in [6, 6.07) is 16.1. The molecule has 0 fully saturated rings. The van der Waals surface area contributed by atoms with E-state index in [-0.39, 0.29) is 5.92 Å². The van der Waals surface area contributed by atoms with E-state index in [1.165, 1.54) is 0 Å². The van der Waals surface area contributed by atoms with Gasteiger partial charge in [-0.25, -0.2) is 0 Å². The summed E-state index contributed by atoms with van der Waals surface area (Å²) in [7, 11) is 0. The number of hydrogen-bond acceptors (Lipinski definition) is 4. The second-order valence-electron chi connectivity index (χ2n) is 9.84. The number of hydrogen-bond donors (Lipinski definition) is 1. The fraction of sp³-hybridized carbons (Fsp3) is 0.500. The molecule has 0 saturated heterocycles. The monoisotopic (exact) mass is 479 g/mol. The minimum Gasteiger partial charge on any atom is -0.492 e. The number of furan rings is 1. The molecule has 0 spiro atoms. The van der Waals surface area contributed by atoms with Crippen molar-refractivity contribution < 1.29 is 19.1 Å². The second-order valence-corrected chi connectivity index (χ2v) is 9.84. The molecule has 1 N–H and O–H groups in total. The van der Waals surface area contributed by atoms with E-state index in [1.807, 2.05) is 44.2 Å². The number of aryl methyl sites for hydroxylation is 1. The van der Waals surface area contributed by atoms with E-state index < -0.39 is 11.4 Å². The smallest absolute Gasteiger partial charge is 0.309 e. The van der Waals surface area contributed by atoms with Crippen LogP contribution in [0.1, 0.15) is 70.3 Å². The molecule has 1 unspecified atom stereocenters. The van der Waals surface area contributed by atoms with Crippen molar-refractivity contribution in [1.82, 2.24) is 4.90 Å². The van der Waals surface area contributed by atoms with Gasteiger partial charge in [0.1, 0.15) is 23.7 Å². The Morgan fingerprint density at radius 1 is 1.06 bits per heavy atom. The SMILES string of the molecule is CCCCc1oc2ccccc2c1C(Cc1ccc(OCCN(CC)CC)cc1)C(C)(C)C(=O)O. The summed E-state index contributed by atoms with van der Waals surface area (Å²) in [6.45, 7) is 13.7. The summed E-state index contributed by atoms with van der Waals surface area (Å²) in [5.41, 5.74) is 2.00. The minimum absolute atomic E-state index is 0.232. The molecule has 0 aliphatic rings. The fourth-order valence-corrected chi connectivity index (χ4v) is 4.68. The highest BCUT2D eigenvalue weighted by molar-refractivity contribution is 5.85. The number of nitrogens with zero attached hydrogens (tertiary/aromatic N) is 1. The van der Waals surface area contributed by atoms with E-state index in [9.17, 15) is 9.90 Å². The molecule has 5 nitrogen and oxygen atoms in total.